The molecule has 0 aliphatic rings. The number of hydrogen-bond acceptors (Lipinski definition) is 6. The van der Waals surface area contributed by atoms with Crippen LogP contribution in [-0.4, -0.2) is 21.2 Å². The summed E-state index contributed by atoms with van der Waals surface area (Å²) in [6.45, 7) is 1.70. The number of oxazole rings is 1. The van der Waals surface area contributed by atoms with Gasteiger partial charge in [-0.05, 0) is 43.7 Å². The summed E-state index contributed by atoms with van der Waals surface area (Å²) >= 11 is 0. The van der Waals surface area contributed by atoms with Gasteiger partial charge in [-0.15, -0.1) is 0 Å². The van der Waals surface area contributed by atoms with Gasteiger partial charge in [0, 0.05) is 30.3 Å². The van der Waals surface area contributed by atoms with Crippen molar-refractivity contribution in [2.24, 2.45) is 0 Å². The van der Waals surface area contributed by atoms with Crippen LogP contribution in [-0.2, 0) is 11.3 Å². The van der Waals surface area contributed by atoms with Crippen LogP contribution in [0.15, 0.2) is 51.7 Å². The zero-order valence-electron chi connectivity index (χ0n) is 15.0. The first kappa shape index (κ1) is 19.0. The molecule has 1 N–H and O–H groups in total. The smallest absolute Gasteiger partial charge is 0.407 e. The second kappa shape index (κ2) is 7.87. The summed E-state index contributed by atoms with van der Waals surface area (Å²) in [5.41, 5.74) is 1.55. The number of hydrogen-bond donors (Lipinski definition) is 1. The van der Waals surface area contributed by atoms with Crippen LogP contribution in [0.3, 0.4) is 0 Å². The average Bonchev–Trinajstić information content (AvgIpc) is 2.96. The van der Waals surface area contributed by atoms with E-state index >= 15 is 0 Å². The summed E-state index contributed by atoms with van der Waals surface area (Å²) in [6, 6.07) is 10.5. The van der Waals surface area contributed by atoms with Gasteiger partial charge in [0.1, 0.15) is 0 Å². The third-order valence-corrected chi connectivity index (χ3v) is 4.22. The number of anilines is 1. The molecule has 0 fully saturated rings. The number of nitro benzene ring substituents is 1. The van der Waals surface area contributed by atoms with E-state index in [-0.39, 0.29) is 35.9 Å². The van der Waals surface area contributed by atoms with Gasteiger partial charge in [0.15, 0.2) is 11.4 Å². The highest BCUT2D eigenvalue weighted by molar-refractivity contribution is 5.95. The molecule has 0 radical (unpaired) electrons. The molecule has 1 amide bonds. The van der Waals surface area contributed by atoms with Gasteiger partial charge in [-0.1, -0.05) is 0 Å². The Hall–Kier alpha value is -3.75. The lowest BCUT2D eigenvalue weighted by atomic mass is 10.1. The van der Waals surface area contributed by atoms with Gasteiger partial charge in [-0.3, -0.25) is 24.3 Å². The van der Waals surface area contributed by atoms with Crippen LogP contribution in [0.5, 0.6) is 0 Å². The van der Waals surface area contributed by atoms with Gasteiger partial charge in [0.05, 0.1) is 16.5 Å². The summed E-state index contributed by atoms with van der Waals surface area (Å²) in [5.74, 6) is -0.913. The maximum atomic E-state index is 12.1. The number of amides is 1. The standard InChI is InChI=1S/C19H17N3O6/c1-12(23)13-4-6-14(7-5-13)20-18(24)3-2-10-21-16-9-8-15(22(26)27)11-17(16)28-19(21)25/h4-9,11H,2-3,10H2,1H3,(H,20,24). The number of nitrogens with one attached hydrogen (secondary N) is 1. The molecular formula is C19H17N3O6. The second-order valence-electron chi connectivity index (χ2n) is 6.21. The van der Waals surface area contributed by atoms with Gasteiger partial charge in [-0.2, -0.15) is 0 Å². The van der Waals surface area contributed by atoms with Gasteiger partial charge in [-0.25, -0.2) is 4.79 Å². The van der Waals surface area contributed by atoms with Crippen molar-refractivity contribution < 1.29 is 18.9 Å². The Labute approximate surface area is 158 Å². The number of Topliss-reactive ketones (excluding diaryl/α,β-unsaturated/α-hetero) is 1. The molecule has 0 unspecified atom stereocenters. The molecule has 28 heavy (non-hydrogen) atoms. The highest BCUT2D eigenvalue weighted by atomic mass is 16.6. The Morgan fingerprint density at radius 1 is 1.18 bits per heavy atom. The molecule has 3 rings (SSSR count). The molecule has 3 aromatic rings. The minimum absolute atomic E-state index is 0.0546. The van der Waals surface area contributed by atoms with Crippen molar-refractivity contribution in [2.45, 2.75) is 26.3 Å². The van der Waals surface area contributed by atoms with Crippen LogP contribution < -0.4 is 11.1 Å². The summed E-state index contributed by atoms with van der Waals surface area (Å²) in [6.07, 6.45) is 0.545. The maximum absolute atomic E-state index is 12.1. The molecule has 9 nitrogen and oxygen atoms in total. The number of benzene rings is 2. The molecule has 0 spiro atoms. The topological polar surface area (TPSA) is 124 Å². The maximum Gasteiger partial charge on any atom is 0.419 e. The fourth-order valence-corrected chi connectivity index (χ4v) is 2.79. The molecule has 144 valence electrons. The zero-order chi connectivity index (χ0) is 20.3. The number of ketones is 1. The van der Waals surface area contributed by atoms with Crippen molar-refractivity contribution in [3.8, 4) is 0 Å². The Morgan fingerprint density at radius 3 is 2.54 bits per heavy atom. The quantitative estimate of drug-likeness (QED) is 0.380. The van der Waals surface area contributed by atoms with E-state index in [2.05, 4.69) is 5.32 Å². The third-order valence-electron chi connectivity index (χ3n) is 4.22. The molecule has 0 bridgehead atoms. The van der Waals surface area contributed by atoms with Gasteiger partial charge >= 0.3 is 5.76 Å². The van der Waals surface area contributed by atoms with E-state index in [1.807, 2.05) is 0 Å². The molecule has 2 aromatic carbocycles. The van der Waals surface area contributed by atoms with Crippen molar-refractivity contribution >= 4 is 34.2 Å². The first-order chi connectivity index (χ1) is 13.3. The van der Waals surface area contributed by atoms with Crippen LogP contribution in [0.25, 0.3) is 11.1 Å². The summed E-state index contributed by atoms with van der Waals surface area (Å²) < 4.78 is 6.39. The van der Waals surface area contributed by atoms with Crippen molar-refractivity contribution in [3.63, 3.8) is 0 Å². The van der Waals surface area contributed by atoms with Crippen molar-refractivity contribution in [1.82, 2.24) is 4.57 Å². The number of aromatic nitrogens is 1. The van der Waals surface area contributed by atoms with Crippen molar-refractivity contribution in [1.29, 1.82) is 0 Å². The lowest BCUT2D eigenvalue weighted by molar-refractivity contribution is -0.384. The number of carbonyl (C=O) groups excluding carboxylic acids is 2. The van der Waals surface area contributed by atoms with Gasteiger partial charge in [0.2, 0.25) is 5.91 Å². The normalized spacial score (nSPS) is 10.8. The first-order valence-corrected chi connectivity index (χ1v) is 8.54. The molecule has 0 saturated carbocycles. The molecule has 0 saturated heterocycles. The fraction of sp³-hybridized carbons (Fsp3) is 0.211. The lowest BCUT2D eigenvalue weighted by Crippen LogP contribution is -2.17. The van der Waals surface area contributed by atoms with E-state index in [4.69, 9.17) is 4.42 Å². The predicted molar refractivity (Wildman–Crippen MR) is 101 cm³/mol. The Morgan fingerprint density at radius 2 is 1.89 bits per heavy atom. The van der Waals surface area contributed by atoms with E-state index in [1.54, 1.807) is 24.3 Å². The monoisotopic (exact) mass is 383 g/mol. The number of nitro groups is 1. The number of fused-ring (bicyclic) bond motifs is 1. The number of nitrogens with zero attached hydrogens (tertiary/aromatic N) is 2. The minimum atomic E-state index is -0.629. The first-order valence-electron chi connectivity index (χ1n) is 8.54. The number of rotatable bonds is 7. The SMILES string of the molecule is CC(=O)c1ccc(NC(=O)CCCn2c(=O)oc3cc([N+](=O)[O-])ccc32)cc1. The van der Waals surface area contributed by atoms with E-state index in [1.165, 1.54) is 29.7 Å². The molecule has 9 heteroatoms. The average molecular weight is 383 g/mol. The van der Waals surface area contributed by atoms with Crippen LogP contribution in [0.2, 0.25) is 0 Å². The highest BCUT2D eigenvalue weighted by Crippen LogP contribution is 2.20. The largest absolute Gasteiger partial charge is 0.419 e. The zero-order valence-corrected chi connectivity index (χ0v) is 15.0. The lowest BCUT2D eigenvalue weighted by Gasteiger charge is -2.06. The minimum Gasteiger partial charge on any atom is -0.407 e. The van der Waals surface area contributed by atoms with Gasteiger partial charge in [0.25, 0.3) is 5.69 Å². The van der Waals surface area contributed by atoms with E-state index in [0.717, 1.165) is 0 Å². The predicted octanol–water partition coefficient (Wildman–Crippen LogP) is 3.12. The van der Waals surface area contributed by atoms with E-state index < -0.39 is 10.7 Å². The van der Waals surface area contributed by atoms with Crippen molar-refractivity contribution in [3.05, 3.63) is 68.7 Å². The number of aryl methyl sites for hydroxylation is 1. The number of carbonyl (C=O) groups is 2. The van der Waals surface area contributed by atoms with Crippen LogP contribution in [0.4, 0.5) is 11.4 Å². The summed E-state index contributed by atoms with van der Waals surface area (Å²) in [4.78, 5) is 45.5. The summed E-state index contributed by atoms with van der Waals surface area (Å²) in [7, 11) is 0. The Kier molecular flexibility index (Phi) is 5.35. The van der Waals surface area contributed by atoms with E-state index in [9.17, 15) is 24.5 Å². The third kappa shape index (κ3) is 4.14. The molecule has 0 aliphatic heterocycles. The molecule has 1 heterocycles. The van der Waals surface area contributed by atoms with Crippen molar-refractivity contribution in [2.75, 3.05) is 5.32 Å². The Bertz CT molecular complexity index is 1110. The molecule has 0 atom stereocenters. The summed E-state index contributed by atoms with van der Waals surface area (Å²) in [5, 5.41) is 13.5. The van der Waals surface area contributed by atoms with E-state index in [0.29, 0.717) is 23.2 Å². The van der Waals surface area contributed by atoms with Gasteiger partial charge < -0.3 is 9.73 Å². The number of non-ortho nitro benzene ring substituents is 1. The van der Waals surface area contributed by atoms with Crippen LogP contribution in [0.1, 0.15) is 30.1 Å². The molecule has 0 aliphatic carbocycles. The highest BCUT2D eigenvalue weighted by Gasteiger charge is 2.14. The fourth-order valence-electron chi connectivity index (χ4n) is 2.79. The molecular weight excluding hydrogens is 366 g/mol. The van der Waals surface area contributed by atoms with Crippen LogP contribution >= 0.6 is 0 Å². The second-order valence-corrected chi connectivity index (χ2v) is 6.21. The molecule has 1 aromatic heterocycles. The Balaban J connectivity index is 1.60. The van der Waals surface area contributed by atoms with Crippen LogP contribution in [0, 0.1) is 10.1 Å².